The molecule has 2 aromatic carbocycles. The van der Waals surface area contributed by atoms with Crippen LogP contribution in [0, 0.1) is 0 Å². The van der Waals surface area contributed by atoms with Crippen LogP contribution in [0.5, 0.6) is 11.5 Å². The quantitative estimate of drug-likeness (QED) is 0.602. The van der Waals surface area contributed by atoms with Crippen molar-refractivity contribution in [3.05, 3.63) is 65.2 Å². The Balaban J connectivity index is 1.14. The minimum absolute atomic E-state index is 0.0122. The van der Waals surface area contributed by atoms with E-state index < -0.39 is 16.1 Å². The fourth-order valence-electron chi connectivity index (χ4n) is 4.83. The summed E-state index contributed by atoms with van der Waals surface area (Å²) < 4.78 is 45.3. The van der Waals surface area contributed by atoms with E-state index in [1.54, 1.807) is 17.0 Å². The average molecular weight is 498 g/mol. The molecule has 4 aliphatic rings. The Bertz CT molecular complexity index is 1260. The van der Waals surface area contributed by atoms with E-state index in [4.69, 9.17) is 14.2 Å². The van der Waals surface area contributed by atoms with Crippen molar-refractivity contribution in [3.8, 4) is 11.5 Å². The summed E-state index contributed by atoms with van der Waals surface area (Å²) in [5, 5.41) is 3.17. The van der Waals surface area contributed by atoms with Crippen LogP contribution in [-0.2, 0) is 19.6 Å². The predicted octanol–water partition coefficient (Wildman–Crippen LogP) is 1.33. The van der Waals surface area contributed by atoms with Crippen LogP contribution < -0.4 is 14.8 Å². The summed E-state index contributed by atoms with van der Waals surface area (Å²) in [6, 6.07) is 14.3. The molecule has 0 spiro atoms. The van der Waals surface area contributed by atoms with Gasteiger partial charge in [0.2, 0.25) is 10.0 Å². The highest BCUT2D eigenvalue weighted by Gasteiger charge is 2.40. The van der Waals surface area contributed by atoms with E-state index in [2.05, 4.69) is 5.32 Å². The first-order chi connectivity index (χ1) is 17.0. The highest BCUT2D eigenvalue weighted by atomic mass is 32.2. The number of hydrogen-bond acceptors (Lipinski definition) is 7. The molecule has 0 aliphatic carbocycles. The Labute approximate surface area is 204 Å². The molecule has 184 valence electrons. The van der Waals surface area contributed by atoms with E-state index in [1.807, 2.05) is 30.3 Å². The van der Waals surface area contributed by atoms with Gasteiger partial charge < -0.3 is 24.4 Å². The van der Waals surface area contributed by atoms with Gasteiger partial charge in [-0.2, -0.15) is 4.31 Å². The highest BCUT2D eigenvalue weighted by Crippen LogP contribution is 2.36. The van der Waals surface area contributed by atoms with Crippen LogP contribution in [0.25, 0.3) is 0 Å². The molecule has 0 radical (unpaired) electrons. The van der Waals surface area contributed by atoms with E-state index in [9.17, 15) is 13.2 Å². The highest BCUT2D eigenvalue weighted by molar-refractivity contribution is 7.89. The number of nitrogens with zero attached hydrogens (tertiary/aromatic N) is 2. The number of amides is 1. The maximum atomic E-state index is 13.5. The summed E-state index contributed by atoms with van der Waals surface area (Å²) in [4.78, 5) is 15.4. The molecule has 10 heteroatoms. The molecule has 1 N–H and O–H groups in total. The number of sulfonamides is 1. The summed E-state index contributed by atoms with van der Waals surface area (Å²) in [5.41, 5.74) is 2.80. The van der Waals surface area contributed by atoms with Crippen molar-refractivity contribution in [2.45, 2.75) is 17.1 Å². The third-order valence-corrected chi connectivity index (χ3v) is 8.65. The molecule has 0 bridgehead atoms. The lowest BCUT2D eigenvalue weighted by molar-refractivity contribution is -0.149. The molecule has 2 aromatic rings. The molecular formula is C25H27N3O6S. The van der Waals surface area contributed by atoms with Gasteiger partial charge in [-0.1, -0.05) is 30.3 Å². The number of carbonyl (C=O) groups excluding carboxylic acids is 1. The number of ether oxygens (including phenoxy) is 3. The molecule has 9 nitrogen and oxygen atoms in total. The lowest BCUT2D eigenvalue weighted by Gasteiger charge is -2.33. The van der Waals surface area contributed by atoms with Gasteiger partial charge in [0.1, 0.15) is 13.2 Å². The molecular weight excluding hydrogens is 470 g/mol. The van der Waals surface area contributed by atoms with Crippen LogP contribution in [0.1, 0.15) is 11.7 Å². The van der Waals surface area contributed by atoms with Crippen molar-refractivity contribution >= 4 is 15.9 Å². The van der Waals surface area contributed by atoms with Crippen LogP contribution in [0.4, 0.5) is 0 Å². The molecule has 1 saturated heterocycles. The largest absolute Gasteiger partial charge is 0.486 e. The van der Waals surface area contributed by atoms with Crippen LogP contribution >= 0.6 is 0 Å². The molecule has 4 aliphatic heterocycles. The van der Waals surface area contributed by atoms with Crippen molar-refractivity contribution < 1.29 is 27.4 Å². The van der Waals surface area contributed by atoms with Gasteiger partial charge in [-0.05, 0) is 28.8 Å². The summed E-state index contributed by atoms with van der Waals surface area (Å²) in [7, 11) is -3.70. The minimum atomic E-state index is -3.70. The predicted molar refractivity (Wildman–Crippen MR) is 127 cm³/mol. The van der Waals surface area contributed by atoms with Gasteiger partial charge in [0.15, 0.2) is 17.6 Å². The lowest BCUT2D eigenvalue weighted by Crippen LogP contribution is -2.50. The van der Waals surface area contributed by atoms with E-state index in [0.717, 1.165) is 29.8 Å². The number of hydrogen-bond donors (Lipinski definition) is 1. The standard InChI is InChI=1S/C25H27N3O6S/c29-25(24(34-20-11-26-12-20)17-4-2-1-3-5-17)27-13-18-15-28(16-19(18)14-27)35(30,31)21-6-7-22-23(10-21)33-9-8-32-22/h1-7,10,20,24,26H,8-9,11-16H2. The summed E-state index contributed by atoms with van der Waals surface area (Å²) in [6.45, 7) is 3.69. The van der Waals surface area contributed by atoms with Crippen molar-refractivity contribution in [1.29, 1.82) is 0 Å². The molecule has 1 atom stereocenters. The zero-order valence-corrected chi connectivity index (χ0v) is 20.0. The van der Waals surface area contributed by atoms with Gasteiger partial charge in [0.25, 0.3) is 5.91 Å². The van der Waals surface area contributed by atoms with Gasteiger partial charge in [0, 0.05) is 45.3 Å². The fraction of sp³-hybridized carbons (Fsp3) is 0.400. The van der Waals surface area contributed by atoms with Gasteiger partial charge in [-0.3, -0.25) is 4.79 Å². The molecule has 1 unspecified atom stereocenters. The van der Waals surface area contributed by atoms with E-state index in [-0.39, 0.29) is 30.0 Å². The first-order valence-electron chi connectivity index (χ1n) is 11.8. The number of rotatable bonds is 6. The second-order valence-corrected chi connectivity index (χ2v) is 11.1. The maximum absolute atomic E-state index is 13.5. The van der Waals surface area contributed by atoms with Crippen molar-refractivity contribution in [3.63, 3.8) is 0 Å². The Hall–Kier alpha value is -2.92. The molecule has 6 rings (SSSR count). The minimum Gasteiger partial charge on any atom is -0.486 e. The second-order valence-electron chi connectivity index (χ2n) is 9.19. The molecule has 4 heterocycles. The smallest absolute Gasteiger partial charge is 0.256 e. The zero-order valence-electron chi connectivity index (χ0n) is 19.2. The Morgan fingerprint density at radius 3 is 2.29 bits per heavy atom. The molecule has 35 heavy (non-hydrogen) atoms. The Kier molecular flexibility index (Phi) is 5.76. The van der Waals surface area contributed by atoms with Crippen LogP contribution in [0.2, 0.25) is 0 Å². The van der Waals surface area contributed by atoms with Gasteiger partial charge in [-0.25, -0.2) is 8.42 Å². The van der Waals surface area contributed by atoms with Crippen LogP contribution in [0.3, 0.4) is 0 Å². The SMILES string of the molecule is O=C(C(OC1CNC1)c1ccccc1)N1CC2=C(C1)CN(S(=O)(=O)c1ccc3c(c1)OCCO3)C2. The van der Waals surface area contributed by atoms with Crippen LogP contribution in [-0.4, -0.2) is 82.1 Å². The van der Waals surface area contributed by atoms with Crippen molar-refractivity contribution in [2.75, 3.05) is 52.5 Å². The number of carbonyl (C=O) groups is 1. The van der Waals surface area contributed by atoms with Crippen molar-refractivity contribution in [2.24, 2.45) is 0 Å². The third kappa shape index (κ3) is 4.20. The molecule has 1 amide bonds. The van der Waals surface area contributed by atoms with E-state index >= 15 is 0 Å². The number of nitrogens with one attached hydrogen (secondary N) is 1. The molecule has 1 fully saturated rings. The molecule has 0 saturated carbocycles. The number of fused-ring (bicyclic) bond motifs is 1. The lowest BCUT2D eigenvalue weighted by atomic mass is 10.1. The van der Waals surface area contributed by atoms with Crippen LogP contribution in [0.15, 0.2) is 64.6 Å². The van der Waals surface area contributed by atoms with Gasteiger partial charge in [-0.15, -0.1) is 0 Å². The average Bonchev–Trinajstić information content (AvgIpc) is 3.44. The monoisotopic (exact) mass is 497 g/mol. The van der Waals surface area contributed by atoms with Gasteiger partial charge >= 0.3 is 0 Å². The topological polar surface area (TPSA) is 97.4 Å². The van der Waals surface area contributed by atoms with E-state index in [1.165, 1.54) is 10.4 Å². The Morgan fingerprint density at radius 1 is 0.943 bits per heavy atom. The fourth-order valence-corrected chi connectivity index (χ4v) is 6.27. The summed E-state index contributed by atoms with van der Waals surface area (Å²) in [6.07, 6.45) is -0.654. The molecule has 0 aromatic heterocycles. The second kappa shape index (κ2) is 8.94. The Morgan fingerprint density at radius 2 is 1.63 bits per heavy atom. The summed E-state index contributed by atoms with van der Waals surface area (Å²) >= 11 is 0. The van der Waals surface area contributed by atoms with Gasteiger partial charge in [0.05, 0.1) is 11.0 Å². The normalized spacial score (nSPS) is 21.1. The summed E-state index contributed by atoms with van der Waals surface area (Å²) in [5.74, 6) is 0.917. The van der Waals surface area contributed by atoms with Crippen molar-refractivity contribution in [1.82, 2.24) is 14.5 Å². The first-order valence-corrected chi connectivity index (χ1v) is 13.2. The first kappa shape index (κ1) is 22.5. The maximum Gasteiger partial charge on any atom is 0.256 e. The third-order valence-electron chi connectivity index (χ3n) is 6.86. The van der Waals surface area contributed by atoms with E-state index in [0.29, 0.717) is 37.8 Å². The number of benzene rings is 2. The zero-order chi connectivity index (χ0) is 24.0.